The lowest BCUT2D eigenvalue weighted by molar-refractivity contribution is 0.409. The van der Waals surface area contributed by atoms with Gasteiger partial charge in [-0.3, -0.25) is 0 Å². The maximum Gasteiger partial charge on any atom is 0.113 e. The second kappa shape index (κ2) is 4.21. The first-order chi connectivity index (χ1) is 7.84. The molecule has 3 rings (SSSR count). The van der Waals surface area contributed by atoms with E-state index >= 15 is 0 Å². The molecule has 1 aliphatic heterocycles. The molecular weight excluding hydrogens is 198 g/mol. The van der Waals surface area contributed by atoms with Gasteiger partial charge in [-0.25, -0.2) is 4.98 Å². The molecule has 0 radical (unpaired) electrons. The zero-order valence-corrected chi connectivity index (χ0v) is 10.1. The highest BCUT2D eigenvalue weighted by molar-refractivity contribution is 5.15. The molecule has 16 heavy (non-hydrogen) atoms. The van der Waals surface area contributed by atoms with Crippen LogP contribution in [0.15, 0.2) is 6.20 Å². The number of imidazole rings is 1. The average Bonchev–Trinajstić information content (AvgIpc) is 2.59. The maximum atomic E-state index is 4.88. The normalized spacial score (nSPS) is 26.7. The summed E-state index contributed by atoms with van der Waals surface area (Å²) in [6.45, 7) is 2.28. The molecule has 0 bridgehead atoms. The quantitative estimate of drug-likeness (QED) is 0.826. The largest absolute Gasteiger partial charge is 0.337 e. The van der Waals surface area contributed by atoms with Crippen molar-refractivity contribution < 1.29 is 0 Å². The summed E-state index contributed by atoms with van der Waals surface area (Å²) in [4.78, 5) is 4.88. The lowest BCUT2D eigenvalue weighted by Gasteiger charge is -2.23. The summed E-state index contributed by atoms with van der Waals surface area (Å²) in [6, 6.07) is 0. The zero-order chi connectivity index (χ0) is 11.0. The van der Waals surface area contributed by atoms with Gasteiger partial charge >= 0.3 is 0 Å². The van der Waals surface area contributed by atoms with Crippen molar-refractivity contribution in [1.29, 1.82) is 0 Å². The van der Waals surface area contributed by atoms with Crippen molar-refractivity contribution in [3.05, 3.63) is 17.7 Å². The Morgan fingerprint density at radius 2 is 2.06 bits per heavy atom. The predicted molar refractivity (Wildman–Crippen MR) is 64.6 cm³/mol. The van der Waals surface area contributed by atoms with E-state index in [1.54, 1.807) is 0 Å². The Kier molecular flexibility index (Phi) is 2.72. The first-order valence-corrected chi connectivity index (χ1v) is 6.58. The second-order valence-electron chi connectivity index (χ2n) is 5.31. The summed E-state index contributed by atoms with van der Waals surface area (Å²) in [5, 5.41) is 3.47. The van der Waals surface area contributed by atoms with Gasteiger partial charge < -0.3 is 9.88 Å². The Morgan fingerprint density at radius 3 is 2.69 bits per heavy atom. The van der Waals surface area contributed by atoms with Crippen molar-refractivity contribution in [1.82, 2.24) is 14.9 Å². The molecule has 0 aromatic carbocycles. The van der Waals surface area contributed by atoms with Crippen LogP contribution in [0, 0.1) is 0 Å². The average molecular weight is 219 g/mol. The van der Waals surface area contributed by atoms with Crippen LogP contribution in [0.1, 0.15) is 55.5 Å². The molecule has 2 fully saturated rings. The van der Waals surface area contributed by atoms with Crippen LogP contribution in [0.3, 0.4) is 0 Å². The van der Waals surface area contributed by atoms with Crippen LogP contribution in [0.25, 0.3) is 0 Å². The molecule has 1 aromatic rings. The number of hydrogen-bond acceptors (Lipinski definition) is 2. The summed E-state index contributed by atoms with van der Waals surface area (Å²) in [5.74, 6) is 2.69. The minimum Gasteiger partial charge on any atom is -0.337 e. The Labute approximate surface area is 97.3 Å². The van der Waals surface area contributed by atoms with E-state index in [-0.39, 0.29) is 0 Å². The van der Waals surface area contributed by atoms with Crippen molar-refractivity contribution in [3.8, 4) is 0 Å². The third-order valence-corrected chi connectivity index (χ3v) is 4.12. The SMILES string of the molecule is Cn1cc(C2CCC2)nc1C1CCCNC1. The van der Waals surface area contributed by atoms with Crippen LogP contribution in [0.4, 0.5) is 0 Å². The molecular formula is C13H21N3. The maximum absolute atomic E-state index is 4.88. The van der Waals surface area contributed by atoms with Crippen LogP contribution in [0.2, 0.25) is 0 Å². The number of nitrogens with one attached hydrogen (secondary N) is 1. The van der Waals surface area contributed by atoms with E-state index in [0.29, 0.717) is 5.92 Å². The molecule has 1 saturated carbocycles. The first kappa shape index (κ1) is 10.3. The zero-order valence-electron chi connectivity index (χ0n) is 10.1. The molecule has 0 amide bonds. The van der Waals surface area contributed by atoms with E-state index in [2.05, 4.69) is 23.1 Å². The van der Waals surface area contributed by atoms with E-state index in [0.717, 1.165) is 12.5 Å². The number of nitrogens with zero attached hydrogens (tertiary/aromatic N) is 2. The van der Waals surface area contributed by atoms with Gasteiger partial charge in [-0.15, -0.1) is 0 Å². The highest BCUT2D eigenvalue weighted by atomic mass is 15.1. The first-order valence-electron chi connectivity index (χ1n) is 6.58. The molecule has 88 valence electrons. The molecule has 2 heterocycles. The molecule has 1 atom stereocenters. The van der Waals surface area contributed by atoms with Gasteiger partial charge in [0.1, 0.15) is 5.82 Å². The van der Waals surface area contributed by atoms with Gasteiger partial charge in [0.15, 0.2) is 0 Å². The molecule has 2 aliphatic rings. The summed E-state index contributed by atoms with van der Waals surface area (Å²) in [6.07, 6.45) is 8.92. The fourth-order valence-electron chi connectivity index (χ4n) is 2.86. The molecule has 1 saturated heterocycles. The summed E-state index contributed by atoms with van der Waals surface area (Å²) < 4.78 is 2.26. The highest BCUT2D eigenvalue weighted by Crippen LogP contribution is 2.36. The minimum atomic E-state index is 0.632. The van der Waals surface area contributed by atoms with Crippen LogP contribution >= 0.6 is 0 Å². The van der Waals surface area contributed by atoms with Gasteiger partial charge in [0, 0.05) is 31.6 Å². The molecule has 1 aromatic heterocycles. The third-order valence-electron chi connectivity index (χ3n) is 4.12. The topological polar surface area (TPSA) is 29.9 Å². The molecule has 0 spiro atoms. The Balaban J connectivity index is 1.79. The van der Waals surface area contributed by atoms with E-state index in [1.807, 2.05) is 0 Å². The van der Waals surface area contributed by atoms with Crippen LogP contribution in [-0.2, 0) is 7.05 Å². The number of aryl methyl sites for hydroxylation is 1. The van der Waals surface area contributed by atoms with Gasteiger partial charge in [0.25, 0.3) is 0 Å². The molecule has 1 N–H and O–H groups in total. The summed E-state index contributed by atoms with van der Waals surface area (Å²) >= 11 is 0. The second-order valence-corrected chi connectivity index (χ2v) is 5.31. The fraction of sp³-hybridized carbons (Fsp3) is 0.769. The number of aromatic nitrogens is 2. The van der Waals surface area contributed by atoms with Crippen LogP contribution in [-0.4, -0.2) is 22.6 Å². The lowest BCUT2D eigenvalue weighted by atomic mass is 9.83. The predicted octanol–water partition coefficient (Wildman–Crippen LogP) is 2.15. The molecule has 1 unspecified atom stereocenters. The Morgan fingerprint density at radius 1 is 1.25 bits per heavy atom. The molecule has 1 aliphatic carbocycles. The van der Waals surface area contributed by atoms with Crippen molar-refractivity contribution in [3.63, 3.8) is 0 Å². The van der Waals surface area contributed by atoms with E-state index in [9.17, 15) is 0 Å². The van der Waals surface area contributed by atoms with E-state index < -0.39 is 0 Å². The summed E-state index contributed by atoms with van der Waals surface area (Å²) in [7, 11) is 2.15. The lowest BCUT2D eigenvalue weighted by Crippen LogP contribution is -2.29. The monoisotopic (exact) mass is 219 g/mol. The Bertz CT molecular complexity index is 359. The standard InChI is InChI=1S/C13H21N3/c1-16-9-12(10-4-2-5-10)15-13(16)11-6-3-7-14-8-11/h9-11,14H,2-8H2,1H3. The number of piperidine rings is 1. The highest BCUT2D eigenvalue weighted by Gasteiger charge is 2.25. The summed E-state index contributed by atoms with van der Waals surface area (Å²) in [5.41, 5.74) is 1.34. The fourth-order valence-corrected chi connectivity index (χ4v) is 2.86. The molecule has 3 nitrogen and oxygen atoms in total. The molecule has 3 heteroatoms. The van der Waals surface area contributed by atoms with Gasteiger partial charge in [-0.05, 0) is 32.2 Å². The van der Waals surface area contributed by atoms with Crippen LogP contribution < -0.4 is 5.32 Å². The van der Waals surface area contributed by atoms with E-state index in [4.69, 9.17) is 4.98 Å². The van der Waals surface area contributed by atoms with Gasteiger partial charge in [0.05, 0.1) is 5.69 Å². The van der Waals surface area contributed by atoms with Crippen molar-refractivity contribution in [2.45, 2.75) is 43.9 Å². The van der Waals surface area contributed by atoms with E-state index in [1.165, 1.54) is 50.2 Å². The van der Waals surface area contributed by atoms with Gasteiger partial charge in [-0.2, -0.15) is 0 Å². The van der Waals surface area contributed by atoms with Gasteiger partial charge in [-0.1, -0.05) is 6.42 Å². The van der Waals surface area contributed by atoms with Crippen LogP contribution in [0.5, 0.6) is 0 Å². The van der Waals surface area contributed by atoms with Gasteiger partial charge in [0.2, 0.25) is 0 Å². The Hall–Kier alpha value is -0.830. The van der Waals surface area contributed by atoms with Crippen molar-refractivity contribution >= 4 is 0 Å². The van der Waals surface area contributed by atoms with Crippen molar-refractivity contribution in [2.24, 2.45) is 7.05 Å². The number of rotatable bonds is 2. The third kappa shape index (κ3) is 1.77. The van der Waals surface area contributed by atoms with Crippen molar-refractivity contribution in [2.75, 3.05) is 13.1 Å². The number of hydrogen-bond donors (Lipinski definition) is 1. The minimum absolute atomic E-state index is 0.632. The smallest absolute Gasteiger partial charge is 0.113 e.